The number of carboxylic acids is 1. The average Bonchev–Trinajstić information content (AvgIpc) is 2.36. The highest BCUT2D eigenvalue weighted by molar-refractivity contribution is 5.70. The number of anilines is 1. The number of nitro benzene ring substituents is 1. The Labute approximate surface area is 116 Å². The second-order valence-electron chi connectivity index (χ2n) is 4.73. The van der Waals surface area contributed by atoms with Crippen LogP contribution in [0.15, 0.2) is 18.2 Å². The molecule has 7 heteroatoms. The van der Waals surface area contributed by atoms with Gasteiger partial charge in [0.25, 0.3) is 5.69 Å². The molecule has 0 bridgehead atoms. The molecule has 0 heterocycles. The number of carboxylic acid groups (broad SMARTS) is 1. The summed E-state index contributed by atoms with van der Waals surface area (Å²) in [6, 6.07) is 3.91. The summed E-state index contributed by atoms with van der Waals surface area (Å²) in [5.41, 5.74) is 0.149. The molecule has 0 aliphatic rings. The molecule has 7 nitrogen and oxygen atoms in total. The molecule has 0 amide bonds. The Morgan fingerprint density at radius 2 is 2.15 bits per heavy atom. The van der Waals surface area contributed by atoms with Crippen molar-refractivity contribution in [2.24, 2.45) is 5.92 Å². The van der Waals surface area contributed by atoms with Gasteiger partial charge < -0.3 is 15.2 Å². The molecule has 110 valence electrons. The van der Waals surface area contributed by atoms with Crippen LogP contribution in [-0.4, -0.2) is 29.2 Å². The number of nitrogens with one attached hydrogen (secondary N) is 1. The molecular formula is C13H18N2O5. The average molecular weight is 282 g/mol. The second kappa shape index (κ2) is 6.74. The van der Waals surface area contributed by atoms with Crippen molar-refractivity contribution in [2.75, 3.05) is 12.4 Å². The zero-order valence-electron chi connectivity index (χ0n) is 11.6. The van der Waals surface area contributed by atoms with Gasteiger partial charge in [-0.25, -0.2) is 0 Å². The third-order valence-electron chi connectivity index (χ3n) is 2.94. The molecule has 2 N–H and O–H groups in total. The van der Waals surface area contributed by atoms with E-state index in [9.17, 15) is 14.9 Å². The van der Waals surface area contributed by atoms with Crippen molar-refractivity contribution in [1.82, 2.24) is 0 Å². The minimum atomic E-state index is -0.957. The van der Waals surface area contributed by atoms with E-state index in [0.717, 1.165) is 0 Å². The molecule has 0 saturated carbocycles. The Bertz CT molecular complexity index is 502. The van der Waals surface area contributed by atoms with Crippen molar-refractivity contribution in [2.45, 2.75) is 26.3 Å². The first-order valence-corrected chi connectivity index (χ1v) is 6.16. The minimum absolute atomic E-state index is 0.0110. The maximum absolute atomic E-state index is 11.0. The first kappa shape index (κ1) is 15.7. The van der Waals surface area contributed by atoms with Crippen LogP contribution in [0.3, 0.4) is 0 Å². The van der Waals surface area contributed by atoms with E-state index in [1.54, 1.807) is 0 Å². The van der Waals surface area contributed by atoms with Crippen molar-refractivity contribution in [3.8, 4) is 5.75 Å². The van der Waals surface area contributed by atoms with E-state index in [4.69, 9.17) is 9.84 Å². The molecule has 0 saturated heterocycles. The van der Waals surface area contributed by atoms with Crippen molar-refractivity contribution in [3.05, 3.63) is 28.3 Å². The third kappa shape index (κ3) is 4.11. The predicted octanol–water partition coefficient (Wildman–Crippen LogP) is 2.51. The monoisotopic (exact) mass is 282 g/mol. The molecule has 1 atom stereocenters. The van der Waals surface area contributed by atoms with Gasteiger partial charge >= 0.3 is 5.97 Å². The predicted molar refractivity (Wildman–Crippen MR) is 74.1 cm³/mol. The fourth-order valence-corrected chi connectivity index (χ4v) is 1.76. The number of methoxy groups -OCH3 is 1. The molecule has 1 rings (SSSR count). The Hall–Kier alpha value is -2.31. The fraction of sp³-hybridized carbons (Fsp3) is 0.462. The molecule has 1 unspecified atom stereocenters. The van der Waals surface area contributed by atoms with E-state index in [1.807, 2.05) is 13.8 Å². The summed E-state index contributed by atoms with van der Waals surface area (Å²) in [5.74, 6) is -0.477. The van der Waals surface area contributed by atoms with Gasteiger partial charge in [0.2, 0.25) is 0 Å². The van der Waals surface area contributed by atoms with Gasteiger partial charge in [-0.15, -0.1) is 0 Å². The maximum atomic E-state index is 11.0. The summed E-state index contributed by atoms with van der Waals surface area (Å²) in [5, 5.41) is 22.8. The number of nitrogens with zero attached hydrogens (tertiary/aromatic N) is 1. The molecule has 0 spiro atoms. The number of ether oxygens (including phenoxy) is 1. The number of carbonyl (C=O) groups is 1. The molecule has 0 fully saturated rings. The van der Waals surface area contributed by atoms with E-state index >= 15 is 0 Å². The molecule has 0 radical (unpaired) electrons. The van der Waals surface area contributed by atoms with Crippen LogP contribution >= 0.6 is 0 Å². The van der Waals surface area contributed by atoms with Gasteiger partial charge in [0.1, 0.15) is 11.4 Å². The standard InChI is InChI=1S/C13H18N2O5/c1-8(2)10(7-13(16)17)14-11-6-9(20-3)4-5-12(11)15(18)19/h4-6,8,10,14H,7H2,1-3H3,(H,16,17). The first-order chi connectivity index (χ1) is 9.35. The zero-order valence-corrected chi connectivity index (χ0v) is 11.6. The lowest BCUT2D eigenvalue weighted by molar-refractivity contribution is -0.384. The quantitative estimate of drug-likeness (QED) is 0.588. The van der Waals surface area contributed by atoms with Gasteiger partial charge in [-0.2, -0.15) is 0 Å². The van der Waals surface area contributed by atoms with E-state index < -0.39 is 16.9 Å². The van der Waals surface area contributed by atoms with Crippen molar-refractivity contribution < 1.29 is 19.6 Å². The molecule has 0 aliphatic carbocycles. The Balaban J connectivity index is 3.08. The van der Waals surface area contributed by atoms with Gasteiger partial charge in [0.05, 0.1) is 18.5 Å². The van der Waals surface area contributed by atoms with Crippen molar-refractivity contribution in [3.63, 3.8) is 0 Å². The number of benzene rings is 1. The van der Waals surface area contributed by atoms with Crippen LogP contribution in [0, 0.1) is 16.0 Å². The fourth-order valence-electron chi connectivity index (χ4n) is 1.76. The molecule has 0 aromatic heterocycles. The molecule has 1 aromatic carbocycles. The second-order valence-corrected chi connectivity index (χ2v) is 4.73. The third-order valence-corrected chi connectivity index (χ3v) is 2.94. The zero-order chi connectivity index (χ0) is 15.3. The van der Waals surface area contributed by atoms with Crippen LogP contribution in [0.25, 0.3) is 0 Å². The van der Waals surface area contributed by atoms with Crippen molar-refractivity contribution >= 4 is 17.3 Å². The van der Waals surface area contributed by atoms with E-state index in [-0.39, 0.29) is 23.7 Å². The number of rotatable bonds is 7. The topological polar surface area (TPSA) is 102 Å². The van der Waals surface area contributed by atoms with Gasteiger partial charge in [-0.3, -0.25) is 14.9 Å². The van der Waals surface area contributed by atoms with Crippen molar-refractivity contribution in [1.29, 1.82) is 0 Å². The van der Waals surface area contributed by atoms with Gasteiger partial charge in [-0.1, -0.05) is 13.8 Å². The summed E-state index contributed by atoms with van der Waals surface area (Å²) in [7, 11) is 1.46. The lowest BCUT2D eigenvalue weighted by Crippen LogP contribution is -2.28. The Kier molecular flexibility index (Phi) is 5.31. The summed E-state index contributed by atoms with van der Waals surface area (Å²) in [4.78, 5) is 21.3. The SMILES string of the molecule is COc1ccc([N+](=O)[O-])c(NC(CC(=O)O)C(C)C)c1. The molecule has 1 aromatic rings. The van der Waals surface area contributed by atoms with Crippen LogP contribution in [-0.2, 0) is 4.79 Å². The number of hydrogen-bond acceptors (Lipinski definition) is 5. The highest BCUT2D eigenvalue weighted by atomic mass is 16.6. The van der Waals surface area contributed by atoms with Crippen LogP contribution in [0.2, 0.25) is 0 Å². The first-order valence-electron chi connectivity index (χ1n) is 6.16. The van der Waals surface area contributed by atoms with Crippen LogP contribution in [0.1, 0.15) is 20.3 Å². The minimum Gasteiger partial charge on any atom is -0.497 e. The lowest BCUT2D eigenvalue weighted by Gasteiger charge is -2.22. The summed E-state index contributed by atoms with van der Waals surface area (Å²) in [6.07, 6.45) is -0.119. The Morgan fingerprint density at radius 3 is 2.60 bits per heavy atom. The normalized spacial score (nSPS) is 12.0. The van der Waals surface area contributed by atoms with Gasteiger partial charge in [0, 0.05) is 18.2 Å². The van der Waals surface area contributed by atoms with Gasteiger partial charge in [-0.05, 0) is 12.0 Å². The van der Waals surface area contributed by atoms with E-state index in [1.165, 1.54) is 25.3 Å². The van der Waals surface area contributed by atoms with Gasteiger partial charge in [0.15, 0.2) is 0 Å². The van der Waals surface area contributed by atoms with Crippen LogP contribution in [0.5, 0.6) is 5.75 Å². The highest BCUT2D eigenvalue weighted by Crippen LogP contribution is 2.30. The molecule has 0 aliphatic heterocycles. The lowest BCUT2D eigenvalue weighted by atomic mass is 10.0. The number of aliphatic carboxylic acids is 1. The summed E-state index contributed by atoms with van der Waals surface area (Å²) in [6.45, 7) is 3.71. The van der Waals surface area contributed by atoms with E-state index in [2.05, 4.69) is 5.32 Å². The molecule has 20 heavy (non-hydrogen) atoms. The smallest absolute Gasteiger partial charge is 0.305 e. The Morgan fingerprint density at radius 1 is 1.50 bits per heavy atom. The largest absolute Gasteiger partial charge is 0.497 e. The summed E-state index contributed by atoms with van der Waals surface area (Å²) < 4.78 is 5.03. The maximum Gasteiger partial charge on any atom is 0.305 e. The number of nitro groups is 1. The molecular weight excluding hydrogens is 264 g/mol. The van der Waals surface area contributed by atoms with Crippen LogP contribution in [0.4, 0.5) is 11.4 Å². The highest BCUT2D eigenvalue weighted by Gasteiger charge is 2.22. The van der Waals surface area contributed by atoms with Crippen LogP contribution < -0.4 is 10.1 Å². The number of hydrogen-bond donors (Lipinski definition) is 2. The van der Waals surface area contributed by atoms with E-state index in [0.29, 0.717) is 5.75 Å². The summed E-state index contributed by atoms with van der Waals surface area (Å²) >= 11 is 0.